The zero-order chi connectivity index (χ0) is 10.4. The van der Waals surface area contributed by atoms with Crippen LogP contribution in [-0.2, 0) is 14.4 Å². The van der Waals surface area contributed by atoms with Gasteiger partial charge in [-0.05, 0) is 6.42 Å². The minimum absolute atomic E-state index is 0.00665. The van der Waals surface area contributed by atoms with Crippen molar-refractivity contribution in [2.24, 2.45) is 5.73 Å². The maximum absolute atomic E-state index is 11.0. The van der Waals surface area contributed by atoms with Crippen LogP contribution < -0.4 is 16.5 Å². The van der Waals surface area contributed by atoms with Gasteiger partial charge in [-0.2, -0.15) is 0 Å². The molecule has 0 aromatic rings. The Morgan fingerprint density at radius 2 is 2.36 bits per heavy atom. The number of nitrogens with one attached hydrogen (secondary N) is 2. The Kier molecular flexibility index (Phi) is 4.14. The topological polar surface area (TPSA) is 103 Å². The van der Waals surface area contributed by atoms with Crippen molar-refractivity contribution in [3.05, 3.63) is 0 Å². The summed E-state index contributed by atoms with van der Waals surface area (Å²) in [5.74, 6) is -0.644. The third-order valence-electron chi connectivity index (χ3n) is 1.64. The van der Waals surface area contributed by atoms with Gasteiger partial charge in [-0.25, -0.2) is 10.3 Å². The number of hydrogen-bond acceptors (Lipinski definition) is 4. The molecule has 0 spiro atoms. The summed E-state index contributed by atoms with van der Waals surface area (Å²) in [7, 11) is 0. The summed E-state index contributed by atoms with van der Waals surface area (Å²) >= 11 is 0. The Hall–Kier alpha value is -1.34. The highest BCUT2D eigenvalue weighted by Gasteiger charge is 2.17. The first-order chi connectivity index (χ1) is 6.68. The van der Waals surface area contributed by atoms with Crippen molar-refractivity contribution < 1.29 is 19.2 Å². The SMILES string of the molecule is NC(=O)CONC(=O)NC1CCOC1. The van der Waals surface area contributed by atoms with E-state index in [2.05, 4.69) is 10.2 Å². The van der Waals surface area contributed by atoms with E-state index in [1.54, 1.807) is 0 Å². The molecule has 7 heteroatoms. The van der Waals surface area contributed by atoms with Crippen LogP contribution in [0.1, 0.15) is 6.42 Å². The molecule has 0 bridgehead atoms. The number of urea groups is 1. The van der Waals surface area contributed by atoms with Crippen molar-refractivity contribution in [1.82, 2.24) is 10.8 Å². The number of nitrogens with two attached hydrogens (primary N) is 1. The van der Waals surface area contributed by atoms with Crippen LogP contribution in [-0.4, -0.2) is 37.8 Å². The average Bonchev–Trinajstić information content (AvgIpc) is 2.56. The van der Waals surface area contributed by atoms with Crippen molar-refractivity contribution in [3.8, 4) is 0 Å². The fourth-order valence-corrected chi connectivity index (χ4v) is 1.04. The number of primary amides is 1. The van der Waals surface area contributed by atoms with Gasteiger partial charge in [0.05, 0.1) is 12.6 Å². The van der Waals surface area contributed by atoms with E-state index in [0.29, 0.717) is 13.2 Å². The molecule has 1 fully saturated rings. The first-order valence-corrected chi connectivity index (χ1v) is 4.23. The predicted molar refractivity (Wildman–Crippen MR) is 46.0 cm³/mol. The zero-order valence-corrected chi connectivity index (χ0v) is 7.62. The van der Waals surface area contributed by atoms with E-state index in [1.165, 1.54) is 0 Å². The van der Waals surface area contributed by atoms with Crippen LogP contribution in [0.4, 0.5) is 4.79 Å². The third kappa shape index (κ3) is 4.06. The summed E-state index contributed by atoms with van der Waals surface area (Å²) < 4.78 is 5.04. The molecule has 7 nitrogen and oxygen atoms in total. The van der Waals surface area contributed by atoms with Gasteiger partial charge in [0.25, 0.3) is 0 Å². The standard InChI is InChI=1S/C7H13N3O4/c8-6(11)4-14-10-7(12)9-5-1-2-13-3-5/h5H,1-4H2,(H2,8,11)(H2,9,10,12). The molecule has 4 N–H and O–H groups in total. The molecule has 1 unspecified atom stereocenters. The normalized spacial score (nSPS) is 20.4. The summed E-state index contributed by atoms with van der Waals surface area (Å²) in [5, 5.41) is 2.60. The van der Waals surface area contributed by atoms with Gasteiger partial charge in [0.15, 0.2) is 6.61 Å². The van der Waals surface area contributed by atoms with Crippen molar-refractivity contribution >= 4 is 11.9 Å². The van der Waals surface area contributed by atoms with Gasteiger partial charge in [0.2, 0.25) is 5.91 Å². The molecule has 1 rings (SSSR count). The molecular weight excluding hydrogens is 190 g/mol. The van der Waals surface area contributed by atoms with Gasteiger partial charge < -0.3 is 15.8 Å². The van der Waals surface area contributed by atoms with Gasteiger partial charge >= 0.3 is 6.03 Å². The average molecular weight is 203 g/mol. The van der Waals surface area contributed by atoms with E-state index in [-0.39, 0.29) is 12.6 Å². The molecule has 1 aliphatic heterocycles. The molecular formula is C7H13N3O4. The van der Waals surface area contributed by atoms with E-state index >= 15 is 0 Å². The minimum Gasteiger partial charge on any atom is -0.379 e. The van der Waals surface area contributed by atoms with E-state index in [9.17, 15) is 9.59 Å². The van der Waals surface area contributed by atoms with Gasteiger partial charge in [0, 0.05) is 6.61 Å². The molecule has 1 atom stereocenters. The van der Waals surface area contributed by atoms with E-state index in [0.717, 1.165) is 6.42 Å². The lowest BCUT2D eigenvalue weighted by Gasteiger charge is -2.10. The maximum atomic E-state index is 11.0. The Labute approximate surface area is 80.9 Å². The summed E-state index contributed by atoms with van der Waals surface area (Å²) in [4.78, 5) is 25.7. The summed E-state index contributed by atoms with van der Waals surface area (Å²) in [6, 6.07) is -0.492. The second-order valence-electron chi connectivity index (χ2n) is 2.89. The highest BCUT2D eigenvalue weighted by molar-refractivity contribution is 5.76. The van der Waals surface area contributed by atoms with Crippen molar-refractivity contribution in [1.29, 1.82) is 0 Å². The van der Waals surface area contributed by atoms with E-state index in [4.69, 9.17) is 10.5 Å². The van der Waals surface area contributed by atoms with Crippen LogP contribution in [0.2, 0.25) is 0 Å². The van der Waals surface area contributed by atoms with Crippen LogP contribution in [0.3, 0.4) is 0 Å². The number of carbonyl (C=O) groups excluding carboxylic acids is 2. The second kappa shape index (κ2) is 5.40. The molecule has 80 valence electrons. The van der Waals surface area contributed by atoms with E-state index in [1.807, 2.05) is 5.48 Å². The Morgan fingerprint density at radius 3 is 2.93 bits per heavy atom. The lowest BCUT2D eigenvalue weighted by Crippen LogP contribution is -2.43. The molecule has 1 saturated heterocycles. The number of carbonyl (C=O) groups is 2. The second-order valence-corrected chi connectivity index (χ2v) is 2.89. The molecule has 1 heterocycles. The van der Waals surface area contributed by atoms with Crippen LogP contribution in [0, 0.1) is 0 Å². The Morgan fingerprint density at radius 1 is 1.57 bits per heavy atom. The molecule has 0 aromatic heterocycles. The molecule has 0 radical (unpaired) electrons. The third-order valence-corrected chi connectivity index (χ3v) is 1.64. The van der Waals surface area contributed by atoms with Gasteiger partial charge in [-0.15, -0.1) is 0 Å². The lowest BCUT2D eigenvalue weighted by molar-refractivity contribution is -0.124. The van der Waals surface area contributed by atoms with Crippen molar-refractivity contribution in [3.63, 3.8) is 0 Å². The lowest BCUT2D eigenvalue weighted by atomic mass is 10.3. The quantitative estimate of drug-likeness (QED) is 0.483. The van der Waals surface area contributed by atoms with Crippen LogP contribution in [0.25, 0.3) is 0 Å². The summed E-state index contributed by atoms with van der Waals surface area (Å²) in [5.41, 5.74) is 6.82. The minimum atomic E-state index is -0.644. The fraction of sp³-hybridized carbons (Fsp3) is 0.714. The van der Waals surface area contributed by atoms with Gasteiger partial charge in [-0.1, -0.05) is 0 Å². The monoisotopic (exact) mass is 203 g/mol. The first kappa shape index (κ1) is 10.7. The Bertz CT molecular complexity index is 215. The van der Waals surface area contributed by atoms with Crippen LogP contribution in [0.5, 0.6) is 0 Å². The molecule has 0 aliphatic carbocycles. The molecule has 14 heavy (non-hydrogen) atoms. The smallest absolute Gasteiger partial charge is 0.339 e. The van der Waals surface area contributed by atoms with Gasteiger partial charge in [-0.3, -0.25) is 9.63 Å². The zero-order valence-electron chi connectivity index (χ0n) is 7.62. The molecule has 0 saturated carbocycles. The molecule has 1 aliphatic rings. The Balaban J connectivity index is 2.06. The fourth-order valence-electron chi connectivity index (χ4n) is 1.04. The summed E-state index contributed by atoms with van der Waals surface area (Å²) in [6.45, 7) is 0.810. The van der Waals surface area contributed by atoms with Gasteiger partial charge in [0.1, 0.15) is 0 Å². The number of hydrogen-bond donors (Lipinski definition) is 3. The van der Waals surface area contributed by atoms with Crippen LogP contribution in [0.15, 0.2) is 0 Å². The number of rotatable bonds is 4. The predicted octanol–water partition coefficient (Wildman–Crippen LogP) is -1.51. The number of amides is 3. The number of hydroxylamine groups is 1. The highest BCUT2D eigenvalue weighted by atomic mass is 16.7. The van der Waals surface area contributed by atoms with E-state index < -0.39 is 11.9 Å². The summed E-state index contributed by atoms with van der Waals surface area (Å²) in [6.07, 6.45) is 0.781. The van der Waals surface area contributed by atoms with Crippen molar-refractivity contribution in [2.75, 3.05) is 19.8 Å². The molecule has 0 aromatic carbocycles. The number of ether oxygens (including phenoxy) is 1. The van der Waals surface area contributed by atoms with Crippen molar-refractivity contribution in [2.45, 2.75) is 12.5 Å². The van der Waals surface area contributed by atoms with Crippen LogP contribution >= 0.6 is 0 Å². The first-order valence-electron chi connectivity index (χ1n) is 4.23. The largest absolute Gasteiger partial charge is 0.379 e. The maximum Gasteiger partial charge on any atom is 0.339 e. The molecule has 3 amide bonds. The highest BCUT2D eigenvalue weighted by Crippen LogP contribution is 2.02.